The molecule has 0 unspecified atom stereocenters. The van der Waals surface area contributed by atoms with E-state index in [0.717, 1.165) is 0 Å². The van der Waals surface area contributed by atoms with Crippen molar-refractivity contribution in [3.05, 3.63) is 36.2 Å². The van der Waals surface area contributed by atoms with Crippen molar-refractivity contribution >= 4 is 23.6 Å². The summed E-state index contributed by atoms with van der Waals surface area (Å²) in [7, 11) is 0. The van der Waals surface area contributed by atoms with Gasteiger partial charge in [0.05, 0.1) is 24.3 Å². The molecule has 0 fully saturated rings. The Morgan fingerprint density at radius 2 is 2.04 bits per heavy atom. The normalized spacial score (nSPS) is 12.0. The van der Waals surface area contributed by atoms with Crippen LogP contribution in [0, 0.1) is 0 Å². The zero-order valence-electron chi connectivity index (χ0n) is 13.9. The monoisotopic (exact) mass is 364 g/mol. The summed E-state index contributed by atoms with van der Waals surface area (Å²) in [5.74, 6) is -0.467. The quantitative estimate of drug-likeness (QED) is 0.583. The number of nitrogens with one attached hydrogen (secondary N) is 2. The van der Waals surface area contributed by atoms with Crippen molar-refractivity contribution in [3.8, 4) is 5.75 Å². The molecule has 0 aliphatic heterocycles. The van der Waals surface area contributed by atoms with Gasteiger partial charge in [-0.1, -0.05) is 23.9 Å². The zero-order valence-corrected chi connectivity index (χ0v) is 14.7. The van der Waals surface area contributed by atoms with Gasteiger partial charge in [-0.05, 0) is 31.5 Å². The molecule has 3 N–H and O–H groups in total. The van der Waals surface area contributed by atoms with Gasteiger partial charge in [-0.2, -0.15) is 5.10 Å². The number of thioether (sulfide) groups is 1. The van der Waals surface area contributed by atoms with Crippen molar-refractivity contribution in [2.75, 3.05) is 5.75 Å². The molecule has 0 spiro atoms. The predicted molar refractivity (Wildman–Crippen MR) is 92.4 cm³/mol. The molecule has 25 heavy (non-hydrogen) atoms. The van der Waals surface area contributed by atoms with Crippen LogP contribution in [0.25, 0.3) is 0 Å². The molecule has 0 aliphatic rings. The van der Waals surface area contributed by atoms with Crippen LogP contribution in [0.4, 0.5) is 0 Å². The Morgan fingerprint density at radius 1 is 1.32 bits per heavy atom. The van der Waals surface area contributed by atoms with E-state index in [0.29, 0.717) is 16.5 Å². The molecule has 0 aliphatic carbocycles. The molecule has 134 valence electrons. The molecule has 0 saturated heterocycles. The number of carboxylic acid groups (broad SMARTS) is 1. The topological polar surface area (TPSA) is 117 Å². The van der Waals surface area contributed by atoms with Crippen molar-refractivity contribution in [1.82, 2.24) is 20.5 Å². The van der Waals surface area contributed by atoms with E-state index in [4.69, 9.17) is 9.84 Å². The van der Waals surface area contributed by atoms with E-state index in [-0.39, 0.29) is 24.2 Å². The molecule has 0 radical (unpaired) electrons. The Morgan fingerprint density at radius 3 is 2.60 bits per heavy atom. The lowest BCUT2D eigenvalue weighted by Crippen LogP contribution is -2.31. The van der Waals surface area contributed by atoms with E-state index in [1.165, 1.54) is 18.1 Å². The molecule has 8 nitrogen and oxygen atoms in total. The number of carboxylic acids is 1. The van der Waals surface area contributed by atoms with E-state index < -0.39 is 12.0 Å². The number of carbonyl (C=O) groups excluding carboxylic acids is 1. The first-order chi connectivity index (χ1) is 11.9. The summed E-state index contributed by atoms with van der Waals surface area (Å²) in [6.07, 6.45) is 1.20. The van der Waals surface area contributed by atoms with Gasteiger partial charge in [0.25, 0.3) is 0 Å². The van der Waals surface area contributed by atoms with E-state index in [1.54, 1.807) is 24.3 Å². The van der Waals surface area contributed by atoms with Crippen molar-refractivity contribution < 1.29 is 19.4 Å². The number of amides is 1. The summed E-state index contributed by atoms with van der Waals surface area (Å²) in [6.45, 7) is 3.85. The molecule has 0 bridgehead atoms. The van der Waals surface area contributed by atoms with Crippen LogP contribution in [-0.4, -0.2) is 44.0 Å². The number of carbonyl (C=O) groups is 2. The van der Waals surface area contributed by atoms with Crippen molar-refractivity contribution in [2.24, 2.45) is 0 Å². The second-order valence-electron chi connectivity index (χ2n) is 5.53. The van der Waals surface area contributed by atoms with Gasteiger partial charge in [0.15, 0.2) is 5.16 Å². The van der Waals surface area contributed by atoms with Crippen LogP contribution in [-0.2, 0) is 9.59 Å². The maximum absolute atomic E-state index is 12.1. The molecule has 1 aromatic carbocycles. The molecule has 2 rings (SSSR count). The van der Waals surface area contributed by atoms with Gasteiger partial charge in [0, 0.05) is 0 Å². The second kappa shape index (κ2) is 9.07. The number of rotatable bonds is 9. The minimum absolute atomic E-state index is 0.0495. The van der Waals surface area contributed by atoms with Gasteiger partial charge in [-0.3, -0.25) is 14.7 Å². The maximum atomic E-state index is 12.1. The van der Waals surface area contributed by atoms with Crippen LogP contribution in [0.5, 0.6) is 5.75 Å². The molecule has 2 aromatic rings. The van der Waals surface area contributed by atoms with Gasteiger partial charge in [0.1, 0.15) is 12.1 Å². The molecular formula is C16H20N4O4S. The molecule has 1 atom stereocenters. The first-order valence-electron chi connectivity index (χ1n) is 7.70. The second-order valence-corrected chi connectivity index (χ2v) is 6.50. The van der Waals surface area contributed by atoms with Crippen molar-refractivity contribution in [1.29, 1.82) is 0 Å². The molecule has 0 saturated carbocycles. The summed E-state index contributed by atoms with van der Waals surface area (Å²) in [4.78, 5) is 27.1. The number of benzene rings is 1. The van der Waals surface area contributed by atoms with Gasteiger partial charge in [0.2, 0.25) is 5.91 Å². The fraction of sp³-hybridized carbons (Fsp3) is 0.375. The Balaban J connectivity index is 1.99. The highest BCUT2D eigenvalue weighted by molar-refractivity contribution is 7.99. The van der Waals surface area contributed by atoms with Crippen LogP contribution in [0.3, 0.4) is 0 Å². The van der Waals surface area contributed by atoms with Crippen LogP contribution < -0.4 is 10.1 Å². The fourth-order valence-electron chi connectivity index (χ4n) is 2.11. The molecule has 1 heterocycles. The van der Waals surface area contributed by atoms with E-state index >= 15 is 0 Å². The predicted octanol–water partition coefficient (Wildman–Crippen LogP) is 2.02. The standard InChI is InChI=1S/C16H20N4O4S/c1-10(2)24-12-5-3-11(4-6-12)13(7-15(22)23)19-14(21)8-25-16-17-9-18-20-16/h3-6,9-10,13H,7-8H2,1-2H3,(H,19,21)(H,22,23)(H,17,18,20)/t13-/m0/s1. The lowest BCUT2D eigenvalue weighted by molar-refractivity contribution is -0.137. The SMILES string of the molecule is CC(C)Oc1ccc([C@H](CC(=O)O)NC(=O)CSc2ncn[nH]2)cc1. The van der Waals surface area contributed by atoms with E-state index in [2.05, 4.69) is 20.5 Å². The first-order valence-corrected chi connectivity index (χ1v) is 8.68. The highest BCUT2D eigenvalue weighted by atomic mass is 32.2. The third-order valence-electron chi connectivity index (χ3n) is 3.10. The number of aromatic amines is 1. The van der Waals surface area contributed by atoms with Gasteiger partial charge in [-0.15, -0.1) is 0 Å². The van der Waals surface area contributed by atoms with E-state index in [9.17, 15) is 9.59 Å². The summed E-state index contributed by atoms with van der Waals surface area (Å²) in [5, 5.41) is 18.7. The van der Waals surface area contributed by atoms with Crippen LogP contribution in [0.1, 0.15) is 31.9 Å². The number of ether oxygens (including phenoxy) is 1. The zero-order chi connectivity index (χ0) is 18.2. The number of hydrogen-bond donors (Lipinski definition) is 3. The van der Waals surface area contributed by atoms with Crippen LogP contribution in [0.2, 0.25) is 0 Å². The summed E-state index contributed by atoms with van der Waals surface area (Å²) < 4.78 is 5.57. The van der Waals surface area contributed by atoms with Gasteiger partial charge >= 0.3 is 5.97 Å². The molecule has 1 aromatic heterocycles. The Hall–Kier alpha value is -2.55. The highest BCUT2D eigenvalue weighted by Crippen LogP contribution is 2.22. The third-order valence-corrected chi connectivity index (χ3v) is 3.98. The van der Waals surface area contributed by atoms with Crippen LogP contribution in [0.15, 0.2) is 35.7 Å². The van der Waals surface area contributed by atoms with Gasteiger partial charge in [-0.25, -0.2) is 4.98 Å². The Labute approximate surface area is 149 Å². The number of nitrogens with zero attached hydrogens (tertiary/aromatic N) is 2. The van der Waals surface area contributed by atoms with Crippen molar-refractivity contribution in [2.45, 2.75) is 37.6 Å². The lowest BCUT2D eigenvalue weighted by atomic mass is 10.0. The average Bonchev–Trinajstić information content (AvgIpc) is 3.05. The Bertz CT molecular complexity index is 689. The highest BCUT2D eigenvalue weighted by Gasteiger charge is 2.18. The minimum atomic E-state index is -0.990. The molecule has 9 heteroatoms. The number of hydrogen-bond acceptors (Lipinski definition) is 6. The van der Waals surface area contributed by atoms with Gasteiger partial charge < -0.3 is 15.2 Å². The van der Waals surface area contributed by atoms with Crippen molar-refractivity contribution in [3.63, 3.8) is 0 Å². The lowest BCUT2D eigenvalue weighted by Gasteiger charge is -2.18. The largest absolute Gasteiger partial charge is 0.491 e. The Kier molecular flexibility index (Phi) is 6.81. The number of H-pyrrole nitrogens is 1. The summed E-state index contributed by atoms with van der Waals surface area (Å²) in [6, 6.07) is 6.43. The van der Waals surface area contributed by atoms with E-state index in [1.807, 2.05) is 13.8 Å². The fourth-order valence-corrected chi connectivity index (χ4v) is 2.70. The third kappa shape index (κ3) is 6.46. The summed E-state index contributed by atoms with van der Waals surface area (Å²) >= 11 is 1.19. The molecule has 1 amide bonds. The minimum Gasteiger partial charge on any atom is -0.491 e. The first kappa shape index (κ1) is 18.8. The smallest absolute Gasteiger partial charge is 0.305 e. The molecular weight excluding hydrogens is 344 g/mol. The van der Waals surface area contributed by atoms with Crippen LogP contribution >= 0.6 is 11.8 Å². The number of aromatic nitrogens is 3. The number of aliphatic carboxylic acids is 1. The average molecular weight is 364 g/mol. The maximum Gasteiger partial charge on any atom is 0.305 e. The summed E-state index contributed by atoms with van der Waals surface area (Å²) in [5.41, 5.74) is 0.705.